The second-order valence-electron chi connectivity index (χ2n) is 12.0. The summed E-state index contributed by atoms with van der Waals surface area (Å²) in [6.45, 7) is 9.21. The number of hydrazine groups is 1. The summed E-state index contributed by atoms with van der Waals surface area (Å²) in [6, 6.07) is 13.3. The molecule has 1 aliphatic carbocycles. The van der Waals surface area contributed by atoms with Gasteiger partial charge in [0.25, 0.3) is 17.6 Å². The fourth-order valence-corrected chi connectivity index (χ4v) is 6.18. The predicted octanol–water partition coefficient (Wildman–Crippen LogP) is 3.17. The molecule has 5 rings (SSSR count). The maximum atomic E-state index is 14.1. The number of hydrogen-bond acceptors (Lipinski definition) is 6. The van der Waals surface area contributed by atoms with Crippen LogP contribution in [-0.2, 0) is 4.79 Å². The maximum absolute atomic E-state index is 14.1. The van der Waals surface area contributed by atoms with Gasteiger partial charge in [-0.15, -0.1) is 5.10 Å². The Morgan fingerprint density at radius 3 is 2.40 bits per heavy atom. The predicted molar refractivity (Wildman–Crippen MR) is 151 cm³/mol. The minimum absolute atomic E-state index is 0.120. The average molecular weight is 549 g/mol. The number of aliphatic imine (C=N–C) groups is 1. The van der Waals surface area contributed by atoms with E-state index in [1.54, 1.807) is 29.7 Å². The van der Waals surface area contributed by atoms with E-state index in [1.807, 2.05) is 17.0 Å². The Labute approximate surface area is 234 Å². The van der Waals surface area contributed by atoms with E-state index in [1.165, 1.54) is 12.1 Å². The molecule has 1 atom stereocenters. The minimum atomic E-state index is -0.639. The molecular formula is C30H39FN7O2+. The molecule has 0 saturated heterocycles. The van der Waals surface area contributed by atoms with Crippen molar-refractivity contribution < 1.29 is 19.4 Å². The molecule has 0 unspecified atom stereocenters. The molecule has 2 aromatic carbocycles. The van der Waals surface area contributed by atoms with Crippen molar-refractivity contribution in [3.05, 3.63) is 71.0 Å². The van der Waals surface area contributed by atoms with Crippen molar-refractivity contribution in [1.29, 1.82) is 0 Å². The van der Waals surface area contributed by atoms with E-state index in [-0.39, 0.29) is 29.1 Å². The SMILES string of the molecule is CC[C@H](c1ccc(C(=O)NCC2=NNN[NH2+]2)cc1)N1C(=O)C(c2ccc(F)cc2)=NC12CCC(C(C)(C)C)CC2. The number of amidine groups is 1. The molecule has 1 fully saturated rings. The average Bonchev–Trinajstić information content (AvgIpc) is 3.56. The van der Waals surface area contributed by atoms with Crippen LogP contribution in [-0.4, -0.2) is 40.5 Å². The van der Waals surface area contributed by atoms with Crippen LogP contribution in [0.2, 0.25) is 0 Å². The van der Waals surface area contributed by atoms with Crippen LogP contribution >= 0.6 is 0 Å². The highest BCUT2D eigenvalue weighted by molar-refractivity contribution is 6.46. The Balaban J connectivity index is 1.41. The van der Waals surface area contributed by atoms with Gasteiger partial charge in [-0.25, -0.2) is 9.82 Å². The number of hydrazone groups is 1. The highest BCUT2D eigenvalue weighted by Crippen LogP contribution is 2.49. The summed E-state index contributed by atoms with van der Waals surface area (Å²) < 4.78 is 13.7. The second kappa shape index (κ2) is 11.1. The van der Waals surface area contributed by atoms with Gasteiger partial charge in [0.2, 0.25) is 0 Å². The monoisotopic (exact) mass is 548 g/mol. The second-order valence-corrected chi connectivity index (χ2v) is 12.0. The van der Waals surface area contributed by atoms with Gasteiger partial charge in [-0.05, 0) is 85.4 Å². The lowest BCUT2D eigenvalue weighted by molar-refractivity contribution is -0.603. The summed E-state index contributed by atoms with van der Waals surface area (Å²) in [4.78, 5) is 33.9. The normalized spacial score (nSPS) is 23.6. The highest BCUT2D eigenvalue weighted by atomic mass is 19.1. The van der Waals surface area contributed by atoms with Crippen LogP contribution < -0.4 is 21.8 Å². The van der Waals surface area contributed by atoms with Gasteiger partial charge >= 0.3 is 0 Å². The molecule has 2 aliphatic heterocycles. The number of carbonyl (C=O) groups excluding carboxylic acids is 2. The molecule has 3 aliphatic rings. The molecule has 2 amide bonds. The maximum Gasteiger partial charge on any atom is 0.275 e. The summed E-state index contributed by atoms with van der Waals surface area (Å²) in [6.07, 6.45) is 4.23. The number of nitrogens with two attached hydrogens (primary N) is 1. The third kappa shape index (κ3) is 5.51. The number of benzene rings is 2. The molecule has 0 bridgehead atoms. The number of amides is 2. The van der Waals surface area contributed by atoms with E-state index in [9.17, 15) is 14.0 Å². The van der Waals surface area contributed by atoms with E-state index in [2.05, 4.69) is 49.2 Å². The van der Waals surface area contributed by atoms with E-state index < -0.39 is 5.66 Å². The molecule has 2 aromatic rings. The van der Waals surface area contributed by atoms with Gasteiger partial charge in [0, 0.05) is 11.1 Å². The van der Waals surface area contributed by atoms with Crippen molar-refractivity contribution in [3.63, 3.8) is 0 Å². The number of carbonyl (C=O) groups is 2. The molecule has 0 aromatic heterocycles. The van der Waals surface area contributed by atoms with Crippen molar-refractivity contribution >= 4 is 23.4 Å². The summed E-state index contributed by atoms with van der Waals surface area (Å²) >= 11 is 0. The Morgan fingerprint density at radius 2 is 1.82 bits per heavy atom. The van der Waals surface area contributed by atoms with Crippen molar-refractivity contribution in [3.8, 4) is 0 Å². The number of quaternary nitrogens is 1. The Kier molecular flexibility index (Phi) is 7.74. The summed E-state index contributed by atoms with van der Waals surface area (Å²) in [5.74, 6) is 0.596. The molecule has 1 saturated carbocycles. The summed E-state index contributed by atoms with van der Waals surface area (Å²) in [5, 5.41) is 6.88. The van der Waals surface area contributed by atoms with Crippen molar-refractivity contribution in [1.82, 2.24) is 21.3 Å². The quantitative estimate of drug-likeness (QED) is 0.398. The zero-order chi connectivity index (χ0) is 28.5. The third-order valence-corrected chi connectivity index (χ3v) is 8.51. The number of halogens is 1. The van der Waals surface area contributed by atoms with Crippen molar-refractivity contribution in [2.75, 3.05) is 6.54 Å². The first-order chi connectivity index (χ1) is 19.1. The molecule has 9 nitrogen and oxygen atoms in total. The van der Waals surface area contributed by atoms with Gasteiger partial charge < -0.3 is 10.2 Å². The molecule has 1 spiro atoms. The van der Waals surface area contributed by atoms with Gasteiger partial charge in [0.15, 0.2) is 0 Å². The Morgan fingerprint density at radius 1 is 1.15 bits per heavy atom. The van der Waals surface area contributed by atoms with Gasteiger partial charge in [0.1, 0.15) is 23.7 Å². The van der Waals surface area contributed by atoms with E-state index >= 15 is 0 Å². The zero-order valence-corrected chi connectivity index (χ0v) is 23.6. The van der Waals surface area contributed by atoms with E-state index in [0.29, 0.717) is 41.6 Å². The summed E-state index contributed by atoms with van der Waals surface area (Å²) in [7, 11) is 0. The largest absolute Gasteiger partial charge is 0.341 e. The molecule has 10 heteroatoms. The van der Waals surface area contributed by atoms with Gasteiger partial charge in [0.05, 0.1) is 6.04 Å². The smallest absolute Gasteiger partial charge is 0.275 e. The van der Waals surface area contributed by atoms with Crippen LogP contribution in [0.5, 0.6) is 0 Å². The lowest BCUT2D eigenvalue weighted by Crippen LogP contribution is -2.96. The number of nitrogens with one attached hydrogen (secondary N) is 3. The van der Waals surface area contributed by atoms with Gasteiger partial charge in [-0.2, -0.15) is 5.53 Å². The molecule has 40 heavy (non-hydrogen) atoms. The van der Waals surface area contributed by atoms with Gasteiger partial charge in [-0.1, -0.05) is 45.4 Å². The van der Waals surface area contributed by atoms with E-state index in [4.69, 9.17) is 4.99 Å². The Hall–Kier alpha value is -3.63. The van der Waals surface area contributed by atoms with Crippen LogP contribution in [0, 0.1) is 17.2 Å². The molecule has 5 N–H and O–H groups in total. The van der Waals surface area contributed by atoms with Crippen LogP contribution in [0.25, 0.3) is 0 Å². The lowest BCUT2D eigenvalue weighted by Gasteiger charge is -2.47. The van der Waals surface area contributed by atoms with Crippen LogP contribution in [0.4, 0.5) is 4.39 Å². The Bertz CT molecular complexity index is 1310. The van der Waals surface area contributed by atoms with Crippen LogP contribution in [0.1, 0.15) is 87.3 Å². The van der Waals surface area contributed by atoms with Crippen molar-refractivity contribution in [2.24, 2.45) is 21.4 Å². The first-order valence-electron chi connectivity index (χ1n) is 14.1. The first-order valence-corrected chi connectivity index (χ1v) is 14.1. The third-order valence-electron chi connectivity index (χ3n) is 8.51. The molecule has 0 radical (unpaired) electrons. The van der Waals surface area contributed by atoms with Gasteiger partial charge in [-0.3, -0.25) is 14.6 Å². The number of hydrogen-bond donors (Lipinski definition) is 4. The minimum Gasteiger partial charge on any atom is -0.341 e. The molecule has 212 valence electrons. The lowest BCUT2D eigenvalue weighted by atomic mass is 9.69. The number of rotatable bonds is 7. The fourth-order valence-electron chi connectivity index (χ4n) is 6.18. The highest BCUT2D eigenvalue weighted by Gasteiger charge is 2.52. The zero-order valence-electron chi connectivity index (χ0n) is 23.6. The standard InChI is InChI=1S/C30H38FN7O2/c1-5-24(19-6-8-21(9-7-19)27(39)32-18-25-34-36-37-35-25)38-28(40)26(20-10-12-23(31)13-11-20)33-30(38)16-14-22(15-17-30)29(2,3)4/h6-13,22,24,36-37H,5,14-18H2,1-4H3,(H,32,39)(H,34,35)/p+1/t22?,24-,30?/m1/s1. The molecular weight excluding hydrogens is 509 g/mol. The van der Waals surface area contributed by atoms with E-state index in [0.717, 1.165) is 31.2 Å². The summed E-state index contributed by atoms with van der Waals surface area (Å²) in [5.41, 5.74) is 9.15. The topological polar surface area (TPSA) is 115 Å². The van der Waals surface area contributed by atoms with Crippen molar-refractivity contribution in [2.45, 2.75) is 71.5 Å². The number of nitrogens with zero attached hydrogens (tertiary/aromatic N) is 3. The fraction of sp³-hybridized carbons (Fsp3) is 0.467. The first kappa shape index (κ1) is 27.9. The molecule has 2 heterocycles. The van der Waals surface area contributed by atoms with Crippen LogP contribution in [0.3, 0.4) is 0 Å². The van der Waals surface area contributed by atoms with Crippen LogP contribution in [0.15, 0.2) is 58.6 Å².